The quantitative estimate of drug-likeness (QED) is 0.502. The zero-order chi connectivity index (χ0) is 5.98. The summed E-state index contributed by atoms with van der Waals surface area (Å²) in [5.74, 6) is 0. The van der Waals surface area contributed by atoms with Crippen molar-refractivity contribution in [2.45, 2.75) is 0 Å². The van der Waals surface area contributed by atoms with Crippen molar-refractivity contribution in [1.82, 2.24) is 5.32 Å². The molecule has 0 aliphatic carbocycles. The molecular formula is C5H7ClN2. The van der Waals surface area contributed by atoms with Gasteiger partial charge in [0.2, 0.25) is 0 Å². The maximum Gasteiger partial charge on any atom is 0.0580 e. The summed E-state index contributed by atoms with van der Waals surface area (Å²) >= 11 is 5.55. The molecule has 8 heavy (non-hydrogen) atoms. The first-order valence-electron chi connectivity index (χ1n) is 2.34. The first kappa shape index (κ1) is 5.51. The lowest BCUT2D eigenvalue weighted by molar-refractivity contribution is 0.904. The van der Waals surface area contributed by atoms with Crippen LogP contribution in [0.25, 0.3) is 0 Å². The van der Waals surface area contributed by atoms with Crippen LogP contribution >= 0.6 is 11.6 Å². The van der Waals surface area contributed by atoms with Crippen LogP contribution in [0, 0.1) is 0 Å². The normalized spacial score (nSPS) is 18.6. The van der Waals surface area contributed by atoms with Gasteiger partial charge in [-0.3, -0.25) is 0 Å². The number of nitrogens with one attached hydrogen (secondary N) is 1. The minimum atomic E-state index is 0.661. The molecule has 1 aliphatic heterocycles. The van der Waals surface area contributed by atoms with Crippen molar-refractivity contribution in [2.24, 2.45) is 5.73 Å². The third-order valence-corrected chi connectivity index (χ3v) is 1.09. The fourth-order valence-electron chi connectivity index (χ4n) is 0.536. The summed E-state index contributed by atoms with van der Waals surface area (Å²) in [7, 11) is 0. The van der Waals surface area contributed by atoms with Crippen molar-refractivity contribution in [3.05, 3.63) is 23.0 Å². The van der Waals surface area contributed by atoms with E-state index in [-0.39, 0.29) is 0 Å². The summed E-state index contributed by atoms with van der Waals surface area (Å²) in [6.45, 7) is 0.705. The molecule has 0 aromatic carbocycles. The van der Waals surface area contributed by atoms with Crippen molar-refractivity contribution < 1.29 is 0 Å². The fourth-order valence-corrected chi connectivity index (χ4v) is 0.753. The standard InChI is InChI=1S/C5H7ClN2/c6-4-1-5(7)3-8-2-4/h1-2,8H,3,7H2. The Labute approximate surface area is 53.0 Å². The van der Waals surface area contributed by atoms with E-state index in [4.69, 9.17) is 17.3 Å². The Kier molecular flexibility index (Phi) is 1.44. The average Bonchev–Trinajstić information content (AvgIpc) is 1.64. The fraction of sp³-hybridized carbons (Fsp3) is 0.200. The average molecular weight is 131 g/mol. The molecule has 0 spiro atoms. The molecule has 0 saturated carbocycles. The van der Waals surface area contributed by atoms with Gasteiger partial charge >= 0.3 is 0 Å². The largest absolute Gasteiger partial charge is 0.401 e. The van der Waals surface area contributed by atoms with Crippen LogP contribution < -0.4 is 11.1 Å². The van der Waals surface area contributed by atoms with Crippen LogP contribution in [0.4, 0.5) is 0 Å². The number of dihydropyridines is 1. The number of rotatable bonds is 0. The van der Waals surface area contributed by atoms with Crippen LogP contribution in [-0.4, -0.2) is 6.54 Å². The second-order valence-corrected chi connectivity index (χ2v) is 2.07. The molecule has 0 atom stereocenters. The van der Waals surface area contributed by atoms with Gasteiger partial charge in [-0.1, -0.05) is 11.6 Å². The molecule has 0 aromatic rings. The molecule has 0 saturated heterocycles. The molecular weight excluding hydrogens is 124 g/mol. The summed E-state index contributed by atoms with van der Waals surface area (Å²) in [5, 5.41) is 3.56. The number of allylic oxidation sites excluding steroid dienone is 2. The minimum absolute atomic E-state index is 0.661. The van der Waals surface area contributed by atoms with E-state index >= 15 is 0 Å². The number of hydrogen-bond acceptors (Lipinski definition) is 2. The molecule has 2 nitrogen and oxygen atoms in total. The van der Waals surface area contributed by atoms with Crippen molar-refractivity contribution in [3.63, 3.8) is 0 Å². The lowest BCUT2D eigenvalue weighted by atomic mass is 10.3. The molecule has 3 heteroatoms. The van der Waals surface area contributed by atoms with Crippen molar-refractivity contribution in [2.75, 3.05) is 6.54 Å². The van der Waals surface area contributed by atoms with Crippen LogP contribution in [0.15, 0.2) is 23.0 Å². The molecule has 3 N–H and O–H groups in total. The number of nitrogens with two attached hydrogens (primary N) is 1. The smallest absolute Gasteiger partial charge is 0.0580 e. The summed E-state index contributed by atoms with van der Waals surface area (Å²) < 4.78 is 0. The van der Waals surface area contributed by atoms with E-state index in [1.807, 2.05) is 0 Å². The number of hydrogen-bond donors (Lipinski definition) is 2. The molecule has 0 bridgehead atoms. The predicted molar refractivity (Wildman–Crippen MR) is 34.2 cm³/mol. The Morgan fingerprint density at radius 2 is 2.50 bits per heavy atom. The summed E-state index contributed by atoms with van der Waals surface area (Å²) in [6.07, 6.45) is 3.45. The lowest BCUT2D eigenvalue weighted by Gasteiger charge is -2.06. The highest BCUT2D eigenvalue weighted by Crippen LogP contribution is 2.05. The summed E-state index contributed by atoms with van der Waals surface area (Å²) in [6, 6.07) is 0. The third-order valence-electron chi connectivity index (χ3n) is 0.869. The van der Waals surface area contributed by atoms with Gasteiger partial charge in [-0.05, 0) is 6.08 Å². The van der Waals surface area contributed by atoms with E-state index in [2.05, 4.69) is 5.32 Å². The molecule has 0 aromatic heterocycles. The van der Waals surface area contributed by atoms with Crippen LogP contribution in [0.1, 0.15) is 0 Å². The Hall–Kier alpha value is -0.630. The Balaban J connectivity index is 2.69. The van der Waals surface area contributed by atoms with Gasteiger partial charge in [0.05, 0.1) is 11.6 Å². The van der Waals surface area contributed by atoms with Crippen molar-refractivity contribution in [3.8, 4) is 0 Å². The van der Waals surface area contributed by atoms with Gasteiger partial charge in [-0.2, -0.15) is 0 Å². The van der Waals surface area contributed by atoms with Crippen LogP contribution in [-0.2, 0) is 0 Å². The van der Waals surface area contributed by atoms with Crippen LogP contribution in [0.3, 0.4) is 0 Å². The van der Waals surface area contributed by atoms with Crippen LogP contribution in [0.5, 0.6) is 0 Å². The molecule has 1 rings (SSSR count). The SMILES string of the molecule is NC1=CC(Cl)=CNC1. The van der Waals surface area contributed by atoms with E-state index in [0.717, 1.165) is 5.70 Å². The first-order valence-corrected chi connectivity index (χ1v) is 2.72. The highest BCUT2D eigenvalue weighted by molar-refractivity contribution is 6.31. The molecule has 44 valence electrons. The zero-order valence-corrected chi connectivity index (χ0v) is 5.07. The van der Waals surface area contributed by atoms with E-state index in [1.165, 1.54) is 0 Å². The van der Waals surface area contributed by atoms with E-state index < -0.39 is 0 Å². The van der Waals surface area contributed by atoms with Gasteiger partial charge in [-0.25, -0.2) is 0 Å². The van der Waals surface area contributed by atoms with Crippen molar-refractivity contribution in [1.29, 1.82) is 0 Å². The lowest BCUT2D eigenvalue weighted by Crippen LogP contribution is -2.18. The first-order chi connectivity index (χ1) is 3.79. The van der Waals surface area contributed by atoms with Crippen LogP contribution in [0.2, 0.25) is 0 Å². The van der Waals surface area contributed by atoms with E-state index in [9.17, 15) is 0 Å². The topological polar surface area (TPSA) is 38.0 Å². The van der Waals surface area contributed by atoms with Gasteiger partial charge in [0.1, 0.15) is 0 Å². The monoisotopic (exact) mass is 130 g/mol. The summed E-state index contributed by atoms with van der Waals surface area (Å²) in [5.41, 5.74) is 6.17. The van der Waals surface area contributed by atoms with E-state index in [1.54, 1.807) is 12.3 Å². The Morgan fingerprint density at radius 3 is 2.88 bits per heavy atom. The number of halogens is 1. The van der Waals surface area contributed by atoms with Crippen molar-refractivity contribution >= 4 is 11.6 Å². The molecule has 1 heterocycles. The minimum Gasteiger partial charge on any atom is -0.401 e. The maximum atomic E-state index is 5.55. The molecule has 0 radical (unpaired) electrons. The third kappa shape index (κ3) is 1.17. The zero-order valence-electron chi connectivity index (χ0n) is 4.32. The summed E-state index contributed by atoms with van der Waals surface area (Å²) in [4.78, 5) is 0. The highest BCUT2D eigenvalue weighted by atomic mass is 35.5. The van der Waals surface area contributed by atoms with Gasteiger partial charge in [0.25, 0.3) is 0 Å². The van der Waals surface area contributed by atoms with E-state index in [0.29, 0.717) is 11.6 Å². The van der Waals surface area contributed by atoms with Gasteiger partial charge in [0.15, 0.2) is 0 Å². The molecule has 0 fully saturated rings. The molecule has 0 unspecified atom stereocenters. The van der Waals surface area contributed by atoms with Gasteiger partial charge < -0.3 is 11.1 Å². The maximum absolute atomic E-state index is 5.55. The molecule has 0 amide bonds. The Bertz CT molecular complexity index is 149. The second kappa shape index (κ2) is 2.09. The molecule has 1 aliphatic rings. The highest BCUT2D eigenvalue weighted by Gasteiger charge is 1.95. The Morgan fingerprint density at radius 1 is 1.75 bits per heavy atom. The van der Waals surface area contributed by atoms with Gasteiger partial charge in [0, 0.05) is 11.9 Å². The second-order valence-electron chi connectivity index (χ2n) is 1.63. The van der Waals surface area contributed by atoms with Gasteiger partial charge in [-0.15, -0.1) is 0 Å². The predicted octanol–water partition coefficient (Wildman–Crippen LogP) is 0.512.